The summed E-state index contributed by atoms with van der Waals surface area (Å²) >= 11 is 0. The lowest BCUT2D eigenvalue weighted by atomic mass is 10.0. The Bertz CT molecular complexity index is 1790. The number of aromatic amines is 1. The molecule has 168 valence electrons. The normalized spacial score (nSPS) is 12.2. The molecule has 6 rings (SSSR count). The van der Waals surface area contributed by atoms with E-state index in [1.165, 1.54) is 21.3 Å². The minimum absolute atomic E-state index is 0.141. The number of H-pyrrole nitrogens is 1. The van der Waals surface area contributed by atoms with Crippen molar-refractivity contribution >= 4 is 33.0 Å². The lowest BCUT2D eigenvalue weighted by molar-refractivity contribution is -0.137. The van der Waals surface area contributed by atoms with Gasteiger partial charge in [0, 0.05) is 12.4 Å². The van der Waals surface area contributed by atoms with Crippen molar-refractivity contribution in [2.45, 2.75) is 6.18 Å². The molecular weight excluding hydrogens is 443 g/mol. The summed E-state index contributed by atoms with van der Waals surface area (Å²) in [5, 5.41) is 0.662. The van der Waals surface area contributed by atoms with Crippen molar-refractivity contribution in [3.63, 3.8) is 0 Å². The molecule has 3 aromatic carbocycles. The van der Waals surface area contributed by atoms with E-state index in [-0.39, 0.29) is 5.69 Å². The number of fused-ring (bicyclic) bond motifs is 4. The van der Waals surface area contributed by atoms with Crippen LogP contribution < -0.4 is 5.69 Å². The Balaban J connectivity index is 1.65. The highest BCUT2D eigenvalue weighted by molar-refractivity contribution is 6.04. The zero-order valence-corrected chi connectivity index (χ0v) is 17.8. The van der Waals surface area contributed by atoms with E-state index in [2.05, 4.69) is 15.0 Å². The van der Waals surface area contributed by atoms with Crippen molar-refractivity contribution in [1.82, 2.24) is 24.1 Å². The number of halogens is 3. The van der Waals surface area contributed by atoms with Crippen LogP contribution >= 0.6 is 0 Å². The van der Waals surface area contributed by atoms with E-state index in [1.54, 1.807) is 19.6 Å². The molecule has 0 radical (unpaired) electrons. The van der Waals surface area contributed by atoms with Gasteiger partial charge >= 0.3 is 11.9 Å². The Kier molecular flexibility index (Phi) is 4.19. The fourth-order valence-corrected chi connectivity index (χ4v) is 4.35. The summed E-state index contributed by atoms with van der Waals surface area (Å²) in [4.78, 5) is 25.0. The largest absolute Gasteiger partial charge is 0.416 e. The molecule has 1 N–H and O–H groups in total. The predicted molar refractivity (Wildman–Crippen MR) is 124 cm³/mol. The third-order valence-electron chi connectivity index (χ3n) is 6.07. The van der Waals surface area contributed by atoms with Crippen LogP contribution in [0.4, 0.5) is 13.2 Å². The summed E-state index contributed by atoms with van der Waals surface area (Å²) in [5.41, 5.74) is 4.06. The number of hydrogen-bond donors (Lipinski definition) is 1. The number of aromatic nitrogens is 5. The summed E-state index contributed by atoms with van der Waals surface area (Å²) in [5.74, 6) is 0. The summed E-state index contributed by atoms with van der Waals surface area (Å²) in [6.07, 6.45) is -1.33. The monoisotopic (exact) mass is 459 g/mol. The first-order chi connectivity index (χ1) is 16.3. The van der Waals surface area contributed by atoms with Gasteiger partial charge in [0.1, 0.15) is 0 Å². The molecule has 0 bridgehead atoms. The van der Waals surface area contributed by atoms with Crippen molar-refractivity contribution < 1.29 is 13.2 Å². The van der Waals surface area contributed by atoms with Crippen LogP contribution in [0.3, 0.4) is 0 Å². The number of imidazole rings is 2. The van der Waals surface area contributed by atoms with Crippen molar-refractivity contribution in [1.29, 1.82) is 0 Å². The van der Waals surface area contributed by atoms with Crippen molar-refractivity contribution in [2.24, 2.45) is 7.05 Å². The molecular formula is C25H16F3N5O. The van der Waals surface area contributed by atoms with Gasteiger partial charge in [0.05, 0.1) is 51.4 Å². The molecule has 34 heavy (non-hydrogen) atoms. The minimum atomic E-state index is -4.52. The van der Waals surface area contributed by atoms with Gasteiger partial charge in [0.2, 0.25) is 0 Å². The number of aryl methyl sites for hydroxylation is 1. The second-order valence-electron chi connectivity index (χ2n) is 8.08. The highest BCUT2D eigenvalue weighted by Gasteiger charge is 2.31. The highest BCUT2D eigenvalue weighted by atomic mass is 19.4. The lowest BCUT2D eigenvalue weighted by Gasteiger charge is -2.11. The maximum atomic E-state index is 13.4. The van der Waals surface area contributed by atoms with E-state index in [1.807, 2.05) is 36.4 Å². The topological polar surface area (TPSA) is 68.5 Å². The third kappa shape index (κ3) is 3.01. The average molecular weight is 459 g/mol. The highest BCUT2D eigenvalue weighted by Crippen LogP contribution is 2.33. The van der Waals surface area contributed by atoms with E-state index < -0.39 is 17.4 Å². The quantitative estimate of drug-likeness (QED) is 0.375. The maximum Gasteiger partial charge on any atom is 0.416 e. The Morgan fingerprint density at radius 1 is 0.912 bits per heavy atom. The van der Waals surface area contributed by atoms with Gasteiger partial charge in [-0.1, -0.05) is 18.2 Å². The molecule has 0 spiro atoms. The molecule has 0 amide bonds. The summed E-state index contributed by atoms with van der Waals surface area (Å²) in [7, 11) is 1.58. The molecule has 0 saturated carbocycles. The first-order valence-corrected chi connectivity index (χ1v) is 10.4. The van der Waals surface area contributed by atoms with Crippen molar-refractivity contribution in [3.8, 4) is 16.8 Å². The van der Waals surface area contributed by atoms with Crippen LogP contribution in [0.25, 0.3) is 49.8 Å². The number of rotatable bonds is 2. The molecule has 6 nitrogen and oxygen atoms in total. The molecule has 0 aliphatic heterocycles. The smallest absolute Gasteiger partial charge is 0.345 e. The van der Waals surface area contributed by atoms with Crippen LogP contribution in [-0.4, -0.2) is 24.1 Å². The molecule has 3 aromatic heterocycles. The van der Waals surface area contributed by atoms with E-state index in [9.17, 15) is 18.0 Å². The third-order valence-corrected chi connectivity index (χ3v) is 6.07. The van der Waals surface area contributed by atoms with E-state index >= 15 is 0 Å². The van der Waals surface area contributed by atoms with Gasteiger partial charge in [-0.3, -0.25) is 14.1 Å². The maximum absolute atomic E-state index is 13.4. The van der Waals surface area contributed by atoms with Crippen LogP contribution in [0.15, 0.2) is 78.0 Å². The zero-order valence-electron chi connectivity index (χ0n) is 17.8. The van der Waals surface area contributed by atoms with Crippen molar-refractivity contribution in [2.75, 3.05) is 0 Å². The van der Waals surface area contributed by atoms with E-state index in [0.717, 1.165) is 34.3 Å². The Labute approximate surface area is 189 Å². The predicted octanol–water partition coefficient (Wildman–Crippen LogP) is 5.44. The zero-order chi connectivity index (χ0) is 23.6. The molecule has 0 aliphatic rings. The van der Waals surface area contributed by atoms with Gasteiger partial charge in [-0.05, 0) is 53.6 Å². The molecule has 0 unspecified atom stereocenters. The number of benzene rings is 3. The van der Waals surface area contributed by atoms with Gasteiger partial charge in [-0.2, -0.15) is 13.2 Å². The number of alkyl halides is 3. The Hall–Kier alpha value is -4.40. The molecule has 9 heteroatoms. The summed E-state index contributed by atoms with van der Waals surface area (Å²) in [6, 6.07) is 16.3. The van der Waals surface area contributed by atoms with Crippen LogP contribution in [0, 0.1) is 0 Å². The van der Waals surface area contributed by atoms with Crippen LogP contribution in [0.1, 0.15) is 5.56 Å². The van der Waals surface area contributed by atoms with Crippen molar-refractivity contribution in [3.05, 3.63) is 89.2 Å². The molecule has 6 aromatic rings. The fourth-order valence-electron chi connectivity index (χ4n) is 4.35. The lowest BCUT2D eigenvalue weighted by Crippen LogP contribution is -2.21. The molecule has 3 heterocycles. The number of nitrogens with zero attached hydrogens (tertiary/aromatic N) is 4. The van der Waals surface area contributed by atoms with Gasteiger partial charge in [-0.15, -0.1) is 0 Å². The minimum Gasteiger partial charge on any atom is -0.345 e. The summed E-state index contributed by atoms with van der Waals surface area (Å²) < 4.78 is 42.8. The second-order valence-corrected chi connectivity index (χ2v) is 8.08. The molecule has 0 fully saturated rings. The molecule has 0 saturated heterocycles. The number of nitrogens with one attached hydrogen (secondary N) is 1. The average Bonchev–Trinajstić information content (AvgIpc) is 3.40. The fraction of sp³-hybridized carbons (Fsp3) is 0.0800. The Morgan fingerprint density at radius 2 is 1.68 bits per heavy atom. The number of hydrogen-bond acceptors (Lipinski definition) is 3. The van der Waals surface area contributed by atoms with E-state index in [0.29, 0.717) is 21.9 Å². The molecule has 0 aliphatic carbocycles. The molecule has 0 atom stereocenters. The summed E-state index contributed by atoms with van der Waals surface area (Å²) in [6.45, 7) is 0. The van der Waals surface area contributed by atoms with Gasteiger partial charge in [0.25, 0.3) is 0 Å². The van der Waals surface area contributed by atoms with Crippen LogP contribution in [0.5, 0.6) is 0 Å². The standard InChI is InChI=1S/C25H16F3N5O/c1-32-22-12-29-19-7-5-14(15-6-8-20-21(10-15)31-13-30-20)9-18(19)23(22)33(24(32)34)17-4-2-3-16(11-17)25(26,27)28/h2-13H,1H3,(H,30,31). The first-order valence-electron chi connectivity index (χ1n) is 10.4. The van der Waals surface area contributed by atoms with E-state index in [4.69, 9.17) is 0 Å². The number of pyridine rings is 1. The SMILES string of the molecule is Cn1c(=O)n(-c2cccc(C(F)(F)F)c2)c2c3cc(-c4ccc5nc[nH]c5c4)ccc3ncc21. The first kappa shape index (κ1) is 20.2. The van der Waals surface area contributed by atoms with Crippen LogP contribution in [0.2, 0.25) is 0 Å². The second kappa shape index (κ2) is 7.05. The van der Waals surface area contributed by atoms with Gasteiger partial charge in [0.15, 0.2) is 0 Å². The Morgan fingerprint density at radius 3 is 2.47 bits per heavy atom. The van der Waals surface area contributed by atoms with Gasteiger partial charge in [-0.25, -0.2) is 9.78 Å². The van der Waals surface area contributed by atoms with Gasteiger partial charge < -0.3 is 4.98 Å². The van der Waals surface area contributed by atoms with Crippen LogP contribution in [-0.2, 0) is 13.2 Å².